The van der Waals surface area contributed by atoms with Crippen LogP contribution in [0.15, 0.2) is 23.1 Å². The third kappa shape index (κ3) is 9.27. The number of fused-ring (bicyclic) bond motifs is 1. The summed E-state index contributed by atoms with van der Waals surface area (Å²) in [5.41, 5.74) is 29.8. The molecule has 1 saturated carbocycles. The Kier molecular flexibility index (Phi) is 14.5. The number of aryl methyl sites for hydroxylation is 1. The van der Waals surface area contributed by atoms with E-state index in [4.69, 9.17) is 52.7 Å². The van der Waals surface area contributed by atoms with Crippen molar-refractivity contribution in [2.75, 3.05) is 44.2 Å². The Bertz CT molecular complexity index is 1670. The van der Waals surface area contributed by atoms with E-state index in [9.17, 15) is 39.5 Å². The Morgan fingerprint density at radius 1 is 0.927 bits per heavy atom. The number of ether oxygens (including phenoxy) is 4. The van der Waals surface area contributed by atoms with E-state index >= 15 is 0 Å². The van der Waals surface area contributed by atoms with Crippen LogP contribution in [0.1, 0.15) is 30.1 Å². The number of hydrogen-bond acceptors (Lipinski definition) is 18. The fourth-order valence-electron chi connectivity index (χ4n) is 7.39. The third-order valence-electron chi connectivity index (χ3n) is 10.6. The van der Waals surface area contributed by atoms with Crippen molar-refractivity contribution in [3.63, 3.8) is 0 Å². The van der Waals surface area contributed by atoms with Crippen molar-refractivity contribution >= 4 is 22.6 Å². The SMILES string of the molecule is CCn1cc(C(=O)O)c(=O)c2cc(F)c(N3CCNCC3)cc21.NC[C@H]1O[C@H](O[C@H]2[C@H](O)[C@@H](O[C@H]3O[C@H](CO)[C@@H](O)[C@H](N)[C@H]3O)[C@H](N)C[C@@H]2N)[C@H](N)C[C@@H]1O. The second-order valence-electron chi connectivity index (χ2n) is 14.3. The number of halogens is 1. The van der Waals surface area contributed by atoms with Gasteiger partial charge in [-0.25, -0.2) is 9.18 Å². The molecule has 21 heteroatoms. The molecule has 20 nitrogen and oxygen atoms in total. The van der Waals surface area contributed by atoms with E-state index < -0.39 is 109 Å². The number of benzene rings is 1. The van der Waals surface area contributed by atoms with Gasteiger partial charge in [0.1, 0.15) is 48.0 Å². The monoisotopic (exact) mass is 786 g/mol. The van der Waals surface area contributed by atoms with Crippen molar-refractivity contribution in [2.24, 2.45) is 28.7 Å². The number of aromatic carboxylic acids is 1. The third-order valence-corrected chi connectivity index (χ3v) is 10.6. The van der Waals surface area contributed by atoms with Gasteiger partial charge in [-0.05, 0) is 31.9 Å². The number of nitrogens with one attached hydrogen (secondary N) is 1. The highest BCUT2D eigenvalue weighted by atomic mass is 19.1. The molecular weight excluding hydrogens is 731 g/mol. The average Bonchev–Trinajstić information content (AvgIpc) is 3.16. The lowest BCUT2D eigenvalue weighted by Crippen LogP contribution is -2.68. The summed E-state index contributed by atoms with van der Waals surface area (Å²) in [5, 5.41) is 63.2. The van der Waals surface area contributed by atoms with Gasteiger partial charge in [-0.2, -0.15) is 0 Å². The zero-order valence-corrected chi connectivity index (χ0v) is 30.5. The Labute approximate surface area is 315 Å². The molecule has 3 aliphatic heterocycles. The van der Waals surface area contributed by atoms with E-state index in [0.717, 1.165) is 19.2 Å². The predicted molar refractivity (Wildman–Crippen MR) is 194 cm³/mol. The average molecular weight is 787 g/mol. The molecule has 1 aliphatic carbocycles. The number of carbonyl (C=O) groups is 1. The Balaban J connectivity index is 0.000000222. The molecule has 14 atom stereocenters. The molecule has 0 amide bonds. The minimum Gasteiger partial charge on any atom is -0.477 e. The minimum absolute atomic E-state index is 0.0542. The summed E-state index contributed by atoms with van der Waals surface area (Å²) in [5.74, 6) is -1.80. The predicted octanol–water partition coefficient (Wildman–Crippen LogP) is -5.03. The Morgan fingerprint density at radius 2 is 1.55 bits per heavy atom. The van der Waals surface area contributed by atoms with Gasteiger partial charge in [-0.3, -0.25) is 4.79 Å². The molecule has 4 fully saturated rings. The van der Waals surface area contributed by atoms with Gasteiger partial charge in [-0.15, -0.1) is 0 Å². The zero-order valence-electron chi connectivity index (χ0n) is 30.5. The molecule has 4 heterocycles. The van der Waals surface area contributed by atoms with Crippen LogP contribution in [0.2, 0.25) is 0 Å². The molecule has 310 valence electrons. The van der Waals surface area contributed by atoms with Crippen molar-refractivity contribution in [3.05, 3.63) is 39.9 Å². The highest BCUT2D eigenvalue weighted by molar-refractivity contribution is 5.93. The lowest BCUT2D eigenvalue weighted by atomic mass is 9.84. The van der Waals surface area contributed by atoms with E-state index in [1.54, 1.807) is 10.6 Å². The molecular formula is C34H55FN8O12. The number of nitrogens with zero attached hydrogens (tertiary/aromatic N) is 2. The molecule has 0 spiro atoms. The van der Waals surface area contributed by atoms with Gasteiger partial charge in [0.15, 0.2) is 12.6 Å². The van der Waals surface area contributed by atoms with Crippen LogP contribution >= 0.6 is 0 Å². The molecule has 1 aromatic heterocycles. The van der Waals surface area contributed by atoms with Gasteiger partial charge < -0.3 is 93.0 Å². The molecule has 3 saturated heterocycles. The quantitative estimate of drug-likeness (QED) is 0.113. The number of aliphatic hydroxyl groups is 5. The van der Waals surface area contributed by atoms with Gasteiger partial charge in [0, 0.05) is 62.9 Å². The molecule has 1 aromatic carbocycles. The summed E-state index contributed by atoms with van der Waals surface area (Å²) in [4.78, 5) is 25.4. The number of hydrogen-bond donors (Lipinski definition) is 12. The summed E-state index contributed by atoms with van der Waals surface area (Å²) in [6.07, 6.45) is -9.44. The van der Waals surface area contributed by atoms with Crippen LogP contribution in [-0.2, 0) is 25.5 Å². The Morgan fingerprint density at radius 3 is 2.13 bits per heavy atom. The summed E-state index contributed by atoms with van der Waals surface area (Å²) in [7, 11) is 0. The van der Waals surface area contributed by atoms with Crippen molar-refractivity contribution < 1.29 is 58.8 Å². The van der Waals surface area contributed by atoms with Gasteiger partial charge in [0.25, 0.3) is 0 Å². The highest BCUT2D eigenvalue weighted by Crippen LogP contribution is 2.31. The number of rotatable bonds is 9. The van der Waals surface area contributed by atoms with Crippen molar-refractivity contribution in [1.29, 1.82) is 0 Å². The lowest BCUT2D eigenvalue weighted by molar-refractivity contribution is -0.314. The molecule has 6 rings (SSSR count). The fraction of sp³-hybridized carbons (Fsp3) is 0.706. The molecule has 2 aromatic rings. The molecule has 0 bridgehead atoms. The van der Waals surface area contributed by atoms with Gasteiger partial charge in [0.2, 0.25) is 5.43 Å². The largest absolute Gasteiger partial charge is 0.477 e. The molecule has 0 unspecified atom stereocenters. The lowest BCUT2D eigenvalue weighted by Gasteiger charge is -2.47. The normalized spacial score (nSPS) is 37.0. The van der Waals surface area contributed by atoms with Crippen LogP contribution in [0.5, 0.6) is 0 Å². The van der Waals surface area contributed by atoms with Crippen molar-refractivity contribution in [1.82, 2.24) is 9.88 Å². The number of aliphatic hydroxyl groups excluding tert-OH is 5. The van der Waals surface area contributed by atoms with Crippen LogP contribution in [0.3, 0.4) is 0 Å². The second kappa shape index (κ2) is 18.5. The summed E-state index contributed by atoms with van der Waals surface area (Å²) in [6, 6.07) is -0.461. The van der Waals surface area contributed by atoms with Gasteiger partial charge in [0.05, 0.1) is 42.1 Å². The maximum Gasteiger partial charge on any atom is 0.341 e. The summed E-state index contributed by atoms with van der Waals surface area (Å²) < 4.78 is 38.9. The Hall–Kier alpha value is -2.97. The maximum absolute atomic E-state index is 14.5. The maximum atomic E-state index is 14.5. The number of piperazine rings is 1. The van der Waals surface area contributed by atoms with Crippen molar-refractivity contribution in [2.45, 2.75) is 112 Å². The standard InChI is InChI=1S/C18H37N5O9.C16H18FN3O3/c19-3-9-8(25)2-7(22)17(29-9)31-15-5(20)1-6(21)16(14(15)28)32-18-13(27)11(23)12(26)10(4-24)30-18;1-2-19-9-11(16(22)23)15(21)10-7-12(17)14(8-13(10)19)20-5-3-18-4-6-20/h5-18,24-28H,1-4,19-23H2;7-9,18H,2-6H2,1H3,(H,22,23)/t5-,6+,7+,8-,9+,10+,11-,12+,13+,14-,15+,16-,17+,18+;/m0./s1. The smallest absolute Gasteiger partial charge is 0.341 e. The first-order valence-electron chi connectivity index (χ1n) is 18.3. The number of pyridine rings is 1. The number of anilines is 1. The number of carboxylic acids is 1. The molecule has 0 radical (unpaired) electrons. The van der Waals surface area contributed by atoms with Crippen LogP contribution in [-0.4, -0.2) is 166 Å². The van der Waals surface area contributed by atoms with Crippen LogP contribution in [0, 0.1) is 5.82 Å². The van der Waals surface area contributed by atoms with E-state index in [-0.39, 0.29) is 30.3 Å². The molecule has 17 N–H and O–H groups in total. The summed E-state index contributed by atoms with van der Waals surface area (Å²) in [6.45, 7) is 4.76. The first-order chi connectivity index (χ1) is 26.1. The van der Waals surface area contributed by atoms with Crippen LogP contribution in [0.4, 0.5) is 10.1 Å². The van der Waals surface area contributed by atoms with Gasteiger partial charge in [-0.1, -0.05) is 0 Å². The zero-order chi connectivity index (χ0) is 40.3. The van der Waals surface area contributed by atoms with Crippen LogP contribution in [0.25, 0.3) is 10.9 Å². The van der Waals surface area contributed by atoms with E-state index in [1.807, 2.05) is 11.8 Å². The topological polar surface area (TPSA) is 343 Å². The number of nitrogens with two attached hydrogens (primary N) is 5. The fourth-order valence-corrected chi connectivity index (χ4v) is 7.39. The summed E-state index contributed by atoms with van der Waals surface area (Å²) >= 11 is 0. The van der Waals surface area contributed by atoms with Gasteiger partial charge >= 0.3 is 5.97 Å². The van der Waals surface area contributed by atoms with E-state index in [2.05, 4.69) is 5.32 Å². The van der Waals surface area contributed by atoms with E-state index in [0.29, 0.717) is 30.8 Å². The highest BCUT2D eigenvalue weighted by Gasteiger charge is 2.50. The molecule has 4 aliphatic rings. The first kappa shape index (κ1) is 43.2. The minimum atomic E-state index is -1.44. The second-order valence-corrected chi connectivity index (χ2v) is 14.3. The number of carboxylic acid groups (broad SMARTS) is 1. The number of aromatic nitrogens is 1. The van der Waals surface area contributed by atoms with Crippen LogP contribution < -0.4 is 44.3 Å². The van der Waals surface area contributed by atoms with E-state index in [1.165, 1.54) is 6.20 Å². The van der Waals surface area contributed by atoms with Crippen molar-refractivity contribution in [3.8, 4) is 0 Å². The molecule has 55 heavy (non-hydrogen) atoms. The first-order valence-corrected chi connectivity index (χ1v) is 18.3.